The van der Waals surface area contributed by atoms with Crippen molar-refractivity contribution < 1.29 is 17.9 Å². The van der Waals surface area contributed by atoms with Crippen molar-refractivity contribution in [2.75, 3.05) is 24.3 Å². The van der Waals surface area contributed by atoms with Crippen LogP contribution in [-0.4, -0.2) is 44.8 Å². The molecule has 0 radical (unpaired) electrons. The lowest BCUT2D eigenvalue weighted by atomic mass is 10.2. The number of thiazole rings is 1. The van der Waals surface area contributed by atoms with Crippen molar-refractivity contribution in [3.63, 3.8) is 0 Å². The maximum atomic E-state index is 13.4. The number of hydrogen-bond donors (Lipinski definition) is 0. The van der Waals surface area contributed by atoms with Crippen LogP contribution in [0.4, 0.5) is 5.13 Å². The fourth-order valence-electron chi connectivity index (χ4n) is 3.45. The molecule has 1 atom stereocenters. The van der Waals surface area contributed by atoms with Crippen LogP contribution in [0.3, 0.4) is 0 Å². The van der Waals surface area contributed by atoms with E-state index in [1.165, 1.54) is 23.5 Å². The van der Waals surface area contributed by atoms with Crippen LogP contribution in [0.2, 0.25) is 0 Å². The summed E-state index contributed by atoms with van der Waals surface area (Å²) in [6, 6.07) is 12.1. The topological polar surface area (TPSA) is 76.6 Å². The van der Waals surface area contributed by atoms with E-state index in [4.69, 9.17) is 9.72 Å². The van der Waals surface area contributed by atoms with Crippen molar-refractivity contribution in [2.24, 2.45) is 0 Å². The van der Waals surface area contributed by atoms with Crippen LogP contribution in [0.25, 0.3) is 10.2 Å². The standard InChI is InChI=1S/C21H22N2O4S2/c1-14-6-3-10-18-19(14)22-21(28-18)23(13-16-8-5-11-27-16)20(24)15-7-4-9-17(12-15)29(2,25)26/h3-4,6-7,9-10,12,16H,5,8,11,13H2,1-2H3. The summed E-state index contributed by atoms with van der Waals surface area (Å²) < 4.78 is 30.6. The number of aryl methyl sites for hydroxylation is 1. The number of carbonyl (C=O) groups is 1. The fraction of sp³-hybridized carbons (Fsp3) is 0.333. The first kappa shape index (κ1) is 20.0. The van der Waals surface area contributed by atoms with Gasteiger partial charge in [0.1, 0.15) is 0 Å². The van der Waals surface area contributed by atoms with Crippen molar-refractivity contribution in [1.82, 2.24) is 4.98 Å². The summed E-state index contributed by atoms with van der Waals surface area (Å²) >= 11 is 1.46. The van der Waals surface area contributed by atoms with Gasteiger partial charge in [0.05, 0.1) is 27.8 Å². The van der Waals surface area contributed by atoms with Gasteiger partial charge in [0.25, 0.3) is 5.91 Å². The molecule has 1 fully saturated rings. The minimum Gasteiger partial charge on any atom is -0.376 e. The molecule has 1 aliphatic heterocycles. The lowest BCUT2D eigenvalue weighted by Crippen LogP contribution is -2.37. The summed E-state index contributed by atoms with van der Waals surface area (Å²) in [5, 5.41) is 0.597. The van der Waals surface area contributed by atoms with Crippen LogP contribution >= 0.6 is 11.3 Å². The molecule has 152 valence electrons. The number of rotatable bonds is 5. The lowest BCUT2D eigenvalue weighted by Gasteiger charge is -2.23. The first-order valence-electron chi connectivity index (χ1n) is 9.42. The molecule has 0 N–H and O–H groups in total. The number of nitrogens with zero attached hydrogens (tertiary/aromatic N) is 2. The molecule has 2 aromatic carbocycles. The highest BCUT2D eigenvalue weighted by molar-refractivity contribution is 7.90. The van der Waals surface area contributed by atoms with Gasteiger partial charge in [0.15, 0.2) is 15.0 Å². The number of benzene rings is 2. The summed E-state index contributed by atoms with van der Waals surface area (Å²) in [6.45, 7) is 3.07. The second-order valence-electron chi connectivity index (χ2n) is 7.27. The molecular weight excluding hydrogens is 408 g/mol. The van der Waals surface area contributed by atoms with Crippen LogP contribution in [-0.2, 0) is 14.6 Å². The number of anilines is 1. The Morgan fingerprint density at radius 2 is 2.07 bits per heavy atom. The van der Waals surface area contributed by atoms with Gasteiger partial charge in [0, 0.05) is 18.4 Å². The van der Waals surface area contributed by atoms with Gasteiger partial charge >= 0.3 is 0 Å². The predicted molar refractivity (Wildman–Crippen MR) is 115 cm³/mol. The summed E-state index contributed by atoms with van der Waals surface area (Å²) in [5.41, 5.74) is 2.25. The number of ether oxygens (including phenoxy) is 1. The number of para-hydroxylation sites is 1. The van der Waals surface area contributed by atoms with E-state index in [1.54, 1.807) is 17.0 Å². The minimum atomic E-state index is -3.41. The molecule has 6 nitrogen and oxygen atoms in total. The fourth-order valence-corrected chi connectivity index (χ4v) is 5.16. The van der Waals surface area contributed by atoms with Gasteiger partial charge in [-0.25, -0.2) is 13.4 Å². The first-order valence-corrected chi connectivity index (χ1v) is 12.1. The van der Waals surface area contributed by atoms with Crippen LogP contribution in [0.5, 0.6) is 0 Å². The Morgan fingerprint density at radius 1 is 1.28 bits per heavy atom. The molecule has 29 heavy (non-hydrogen) atoms. The Kier molecular flexibility index (Phi) is 5.42. The molecule has 1 unspecified atom stereocenters. The van der Waals surface area contributed by atoms with E-state index < -0.39 is 9.84 Å². The van der Waals surface area contributed by atoms with Crippen molar-refractivity contribution in [3.8, 4) is 0 Å². The van der Waals surface area contributed by atoms with E-state index in [2.05, 4.69) is 0 Å². The van der Waals surface area contributed by atoms with Crippen molar-refractivity contribution in [1.29, 1.82) is 0 Å². The van der Waals surface area contributed by atoms with Gasteiger partial charge in [0.2, 0.25) is 0 Å². The molecule has 8 heteroatoms. The second kappa shape index (κ2) is 7.85. The van der Waals surface area contributed by atoms with E-state index in [0.29, 0.717) is 23.8 Å². The molecule has 1 aromatic heterocycles. The third-order valence-electron chi connectivity index (χ3n) is 5.00. The van der Waals surface area contributed by atoms with Crippen molar-refractivity contribution >= 4 is 42.4 Å². The van der Waals surface area contributed by atoms with Crippen LogP contribution in [0, 0.1) is 6.92 Å². The minimum absolute atomic E-state index is 0.0508. The number of amides is 1. The van der Waals surface area contributed by atoms with E-state index in [-0.39, 0.29) is 16.9 Å². The van der Waals surface area contributed by atoms with E-state index in [1.807, 2.05) is 25.1 Å². The Hall–Kier alpha value is -2.29. The number of hydrogen-bond acceptors (Lipinski definition) is 6. The SMILES string of the molecule is Cc1cccc2sc(N(CC3CCCO3)C(=O)c3cccc(S(C)(=O)=O)c3)nc12. The monoisotopic (exact) mass is 430 g/mol. The molecule has 1 aliphatic rings. The molecule has 2 heterocycles. The largest absolute Gasteiger partial charge is 0.376 e. The number of carbonyl (C=O) groups excluding carboxylic acids is 1. The highest BCUT2D eigenvalue weighted by atomic mass is 32.2. The van der Waals surface area contributed by atoms with E-state index in [9.17, 15) is 13.2 Å². The number of fused-ring (bicyclic) bond motifs is 1. The molecular formula is C21H22N2O4S2. The molecule has 1 amide bonds. The highest BCUT2D eigenvalue weighted by Crippen LogP contribution is 2.32. The molecule has 0 spiro atoms. The van der Waals surface area contributed by atoms with Gasteiger partial charge in [-0.3, -0.25) is 9.69 Å². The van der Waals surface area contributed by atoms with E-state index in [0.717, 1.165) is 34.9 Å². The average molecular weight is 431 g/mol. The summed E-state index contributed by atoms with van der Waals surface area (Å²) in [6.07, 6.45) is 2.94. The third kappa shape index (κ3) is 4.19. The zero-order valence-corrected chi connectivity index (χ0v) is 17.9. The van der Waals surface area contributed by atoms with Crippen molar-refractivity contribution in [2.45, 2.75) is 30.8 Å². The third-order valence-corrected chi connectivity index (χ3v) is 7.16. The first-order chi connectivity index (χ1) is 13.8. The van der Waals surface area contributed by atoms with Crippen LogP contribution in [0.1, 0.15) is 28.8 Å². The predicted octanol–water partition coefficient (Wildman–Crippen LogP) is 3.83. The normalized spacial score (nSPS) is 17.0. The number of aromatic nitrogens is 1. The van der Waals surface area contributed by atoms with E-state index >= 15 is 0 Å². The maximum absolute atomic E-state index is 13.4. The zero-order valence-electron chi connectivity index (χ0n) is 16.3. The Bertz CT molecular complexity index is 1160. The molecule has 4 rings (SSSR count). The summed E-state index contributed by atoms with van der Waals surface area (Å²) in [5.74, 6) is -0.275. The van der Waals surface area contributed by atoms with Gasteiger partial charge < -0.3 is 4.74 Å². The van der Waals surface area contributed by atoms with Gasteiger partial charge in [-0.2, -0.15) is 0 Å². The lowest BCUT2D eigenvalue weighted by molar-refractivity contribution is 0.0917. The Morgan fingerprint density at radius 3 is 2.76 bits per heavy atom. The maximum Gasteiger partial charge on any atom is 0.260 e. The Balaban J connectivity index is 1.75. The molecule has 0 saturated carbocycles. The molecule has 0 bridgehead atoms. The molecule has 0 aliphatic carbocycles. The average Bonchev–Trinajstić information content (AvgIpc) is 3.35. The molecule has 3 aromatic rings. The quantitative estimate of drug-likeness (QED) is 0.615. The van der Waals surface area contributed by atoms with Gasteiger partial charge in [-0.05, 0) is 49.6 Å². The Labute approximate surface area is 174 Å². The van der Waals surface area contributed by atoms with Crippen LogP contribution < -0.4 is 4.90 Å². The van der Waals surface area contributed by atoms with Gasteiger partial charge in [-0.1, -0.05) is 29.5 Å². The number of sulfone groups is 1. The second-order valence-corrected chi connectivity index (χ2v) is 10.3. The van der Waals surface area contributed by atoms with Crippen LogP contribution in [0.15, 0.2) is 47.4 Å². The summed E-state index contributed by atoms with van der Waals surface area (Å²) in [7, 11) is -3.41. The zero-order chi connectivity index (χ0) is 20.6. The summed E-state index contributed by atoms with van der Waals surface area (Å²) in [4.78, 5) is 19.9. The highest BCUT2D eigenvalue weighted by Gasteiger charge is 2.27. The van der Waals surface area contributed by atoms with Gasteiger partial charge in [-0.15, -0.1) is 0 Å². The van der Waals surface area contributed by atoms with Crippen molar-refractivity contribution in [3.05, 3.63) is 53.6 Å². The smallest absolute Gasteiger partial charge is 0.260 e. The molecule has 1 saturated heterocycles.